The van der Waals surface area contributed by atoms with Crippen LogP contribution in [0.4, 0.5) is 0 Å². The van der Waals surface area contributed by atoms with Crippen LogP contribution in [-0.2, 0) is 13.6 Å². The molecular formula is C22H27N5O2S. The molecule has 0 radical (unpaired) electrons. The molecule has 7 nitrogen and oxygen atoms in total. The average molecular weight is 426 g/mol. The van der Waals surface area contributed by atoms with Gasteiger partial charge < -0.3 is 9.84 Å². The van der Waals surface area contributed by atoms with Crippen molar-refractivity contribution in [1.29, 1.82) is 0 Å². The van der Waals surface area contributed by atoms with Crippen LogP contribution in [0.1, 0.15) is 23.3 Å². The number of hydrogen-bond donors (Lipinski definition) is 1. The van der Waals surface area contributed by atoms with Crippen LogP contribution in [0.3, 0.4) is 0 Å². The number of likely N-dealkylation sites (tertiary alicyclic amines) is 1. The summed E-state index contributed by atoms with van der Waals surface area (Å²) in [5, 5.41) is 25.0. The Balaban J connectivity index is 1.21. The highest BCUT2D eigenvalue weighted by Gasteiger charge is 2.42. The third-order valence-corrected chi connectivity index (χ3v) is 7.41. The third kappa shape index (κ3) is 3.99. The molecule has 3 aromatic rings. The first-order chi connectivity index (χ1) is 14.5. The smallest absolute Gasteiger partial charge is 0.204 e. The number of benzene rings is 1. The lowest BCUT2D eigenvalue weighted by molar-refractivity contribution is -0.0231. The summed E-state index contributed by atoms with van der Waals surface area (Å²) in [5.74, 6) is 2.51. The first-order valence-electron chi connectivity index (χ1n) is 10.5. The molecule has 1 aliphatic heterocycles. The zero-order chi connectivity index (χ0) is 20.7. The minimum atomic E-state index is -0.420. The monoisotopic (exact) mass is 425 g/mol. The first-order valence-corrected chi connectivity index (χ1v) is 11.4. The maximum absolute atomic E-state index is 10.7. The molecule has 0 spiro atoms. The summed E-state index contributed by atoms with van der Waals surface area (Å²) in [6.45, 7) is 5.38. The van der Waals surface area contributed by atoms with Crippen molar-refractivity contribution in [1.82, 2.24) is 25.1 Å². The standard InChI is InChI=1S/C22H27N5O2S/c1-14-7-8-30-21(14)13-27-11-16-9-19(28)20(10-17(16)12-27)29-18-5-3-15(4-6-18)22-23-25-26(2)24-22/h3-8,16-17,19-20,28H,9-13H2,1-2H3/t16-,17+,19+,20+/m0/s1. The predicted octanol–water partition coefficient (Wildman–Crippen LogP) is 2.90. The highest BCUT2D eigenvalue weighted by molar-refractivity contribution is 7.10. The lowest BCUT2D eigenvalue weighted by atomic mass is 9.78. The second-order valence-corrected chi connectivity index (χ2v) is 9.56. The Hall–Kier alpha value is -2.29. The third-order valence-electron chi connectivity index (χ3n) is 6.40. The summed E-state index contributed by atoms with van der Waals surface area (Å²) in [5.41, 5.74) is 2.28. The fourth-order valence-corrected chi connectivity index (χ4v) is 5.72. The number of aromatic nitrogens is 4. The van der Waals surface area contributed by atoms with E-state index in [1.165, 1.54) is 15.2 Å². The molecule has 2 aliphatic rings. The minimum absolute atomic E-state index is 0.157. The molecule has 2 aromatic heterocycles. The molecule has 1 saturated carbocycles. The fourth-order valence-electron chi connectivity index (χ4n) is 4.77. The first kappa shape index (κ1) is 19.7. The summed E-state index contributed by atoms with van der Waals surface area (Å²) in [6, 6.07) is 9.91. The second kappa shape index (κ2) is 8.09. The zero-order valence-electron chi connectivity index (χ0n) is 17.3. The molecular weight excluding hydrogens is 398 g/mol. The van der Waals surface area contributed by atoms with Gasteiger partial charge in [0.25, 0.3) is 0 Å². The number of nitrogens with zero attached hydrogens (tertiary/aromatic N) is 5. The number of tetrazole rings is 1. The quantitative estimate of drug-likeness (QED) is 0.677. The largest absolute Gasteiger partial charge is 0.488 e. The summed E-state index contributed by atoms with van der Waals surface area (Å²) in [7, 11) is 1.75. The van der Waals surface area contributed by atoms with E-state index < -0.39 is 6.10 Å². The van der Waals surface area contributed by atoms with Crippen molar-refractivity contribution in [3.05, 3.63) is 46.2 Å². The van der Waals surface area contributed by atoms with Gasteiger partial charge in [-0.3, -0.25) is 4.90 Å². The highest BCUT2D eigenvalue weighted by atomic mass is 32.1. The Bertz CT molecular complexity index is 1000. The summed E-state index contributed by atoms with van der Waals surface area (Å²) < 4.78 is 6.20. The summed E-state index contributed by atoms with van der Waals surface area (Å²) >= 11 is 1.84. The molecule has 158 valence electrons. The zero-order valence-corrected chi connectivity index (χ0v) is 18.1. The van der Waals surface area contributed by atoms with Crippen LogP contribution in [0.5, 0.6) is 5.75 Å². The Morgan fingerprint density at radius 2 is 1.90 bits per heavy atom. The van der Waals surface area contributed by atoms with Crippen LogP contribution in [0.15, 0.2) is 35.7 Å². The molecule has 8 heteroatoms. The van der Waals surface area contributed by atoms with Crippen LogP contribution < -0.4 is 4.74 Å². The van der Waals surface area contributed by atoms with Gasteiger partial charge in [-0.2, -0.15) is 4.80 Å². The van der Waals surface area contributed by atoms with Crippen LogP contribution in [-0.4, -0.2) is 55.5 Å². The Morgan fingerprint density at radius 1 is 1.13 bits per heavy atom. The fraction of sp³-hybridized carbons (Fsp3) is 0.500. The van der Waals surface area contributed by atoms with Gasteiger partial charge in [-0.1, -0.05) is 0 Å². The maximum Gasteiger partial charge on any atom is 0.204 e. The summed E-state index contributed by atoms with van der Waals surface area (Å²) in [6.07, 6.45) is 1.14. The van der Waals surface area contributed by atoms with E-state index in [-0.39, 0.29) is 6.10 Å². The van der Waals surface area contributed by atoms with Crippen molar-refractivity contribution in [3.63, 3.8) is 0 Å². The van der Waals surface area contributed by atoms with Gasteiger partial charge in [0.05, 0.1) is 13.2 Å². The van der Waals surface area contributed by atoms with E-state index in [0.29, 0.717) is 17.7 Å². The molecule has 2 fully saturated rings. The highest BCUT2D eigenvalue weighted by Crippen LogP contribution is 2.39. The lowest BCUT2D eigenvalue weighted by Crippen LogP contribution is -2.42. The van der Waals surface area contributed by atoms with Gasteiger partial charge in [0, 0.05) is 30.1 Å². The number of rotatable bonds is 5. The predicted molar refractivity (Wildman–Crippen MR) is 115 cm³/mol. The van der Waals surface area contributed by atoms with E-state index >= 15 is 0 Å². The molecule has 30 heavy (non-hydrogen) atoms. The van der Waals surface area contributed by atoms with Crippen LogP contribution in [0.2, 0.25) is 0 Å². The Labute approximate surface area is 180 Å². The lowest BCUT2D eigenvalue weighted by Gasteiger charge is -2.35. The van der Waals surface area contributed by atoms with Gasteiger partial charge >= 0.3 is 0 Å². The van der Waals surface area contributed by atoms with E-state index in [1.54, 1.807) is 7.05 Å². The minimum Gasteiger partial charge on any atom is -0.488 e. The summed E-state index contributed by atoms with van der Waals surface area (Å²) in [4.78, 5) is 5.45. The second-order valence-electron chi connectivity index (χ2n) is 8.56. The van der Waals surface area contributed by atoms with Crippen molar-refractivity contribution in [2.24, 2.45) is 18.9 Å². The number of hydrogen-bond acceptors (Lipinski definition) is 7. The molecule has 5 rings (SSSR count). The van der Waals surface area contributed by atoms with Gasteiger partial charge in [0.2, 0.25) is 5.82 Å². The van der Waals surface area contributed by atoms with E-state index in [4.69, 9.17) is 4.74 Å². The molecule has 1 saturated heterocycles. The Morgan fingerprint density at radius 3 is 2.57 bits per heavy atom. The van der Waals surface area contributed by atoms with Gasteiger partial charge in [-0.05, 0) is 78.1 Å². The normalized spacial score (nSPS) is 26.6. The van der Waals surface area contributed by atoms with Crippen LogP contribution in [0, 0.1) is 18.8 Å². The van der Waals surface area contributed by atoms with Crippen LogP contribution in [0.25, 0.3) is 11.4 Å². The molecule has 4 atom stereocenters. The number of fused-ring (bicyclic) bond motifs is 1. The molecule has 0 bridgehead atoms. The number of aliphatic hydroxyl groups excluding tert-OH is 1. The molecule has 0 unspecified atom stereocenters. The van der Waals surface area contributed by atoms with Crippen molar-refractivity contribution in [3.8, 4) is 17.1 Å². The van der Waals surface area contributed by atoms with Crippen molar-refractivity contribution in [2.75, 3.05) is 13.1 Å². The van der Waals surface area contributed by atoms with Crippen molar-refractivity contribution < 1.29 is 9.84 Å². The van der Waals surface area contributed by atoms with Gasteiger partial charge in [-0.15, -0.1) is 21.5 Å². The molecule has 1 N–H and O–H groups in total. The van der Waals surface area contributed by atoms with Crippen molar-refractivity contribution in [2.45, 2.75) is 38.5 Å². The number of thiophene rings is 1. The van der Waals surface area contributed by atoms with E-state index in [1.807, 2.05) is 35.6 Å². The SMILES string of the molecule is Cc1ccsc1CN1C[C@H]2C[C@@H](Oc3ccc(-c4nnn(C)n4)cc3)[C@H](O)C[C@H]2C1. The van der Waals surface area contributed by atoms with Crippen LogP contribution >= 0.6 is 11.3 Å². The maximum atomic E-state index is 10.7. The van der Waals surface area contributed by atoms with E-state index in [9.17, 15) is 5.11 Å². The number of ether oxygens (including phenoxy) is 1. The topological polar surface area (TPSA) is 76.3 Å². The van der Waals surface area contributed by atoms with E-state index in [2.05, 4.69) is 38.7 Å². The molecule has 1 aromatic carbocycles. The Kier molecular flexibility index (Phi) is 5.30. The molecule has 1 aliphatic carbocycles. The van der Waals surface area contributed by atoms with E-state index in [0.717, 1.165) is 43.8 Å². The average Bonchev–Trinajstić information content (AvgIpc) is 3.44. The van der Waals surface area contributed by atoms with Gasteiger partial charge in [0.15, 0.2) is 0 Å². The number of aliphatic hydroxyl groups is 1. The van der Waals surface area contributed by atoms with Gasteiger partial charge in [-0.25, -0.2) is 0 Å². The van der Waals surface area contributed by atoms with Gasteiger partial charge in [0.1, 0.15) is 11.9 Å². The molecule has 3 heterocycles. The number of aryl methyl sites for hydroxylation is 2. The molecule has 0 amide bonds. The van der Waals surface area contributed by atoms with Crippen molar-refractivity contribution >= 4 is 11.3 Å².